The van der Waals surface area contributed by atoms with Gasteiger partial charge in [0.1, 0.15) is 12.6 Å². The summed E-state index contributed by atoms with van der Waals surface area (Å²) in [7, 11) is 0. The number of imide groups is 1. The van der Waals surface area contributed by atoms with Crippen molar-refractivity contribution >= 4 is 17.7 Å². The van der Waals surface area contributed by atoms with E-state index < -0.39 is 17.5 Å². The molecule has 6 heteroatoms. The fourth-order valence-corrected chi connectivity index (χ4v) is 2.54. The SMILES string of the molecule is CCC1C(=O)NC(=O)CN1C(=O)CC1(N)CCC1. The molecule has 1 heterocycles. The summed E-state index contributed by atoms with van der Waals surface area (Å²) in [5.41, 5.74) is 5.61. The average molecular weight is 253 g/mol. The molecule has 3 N–H and O–H groups in total. The Bertz CT molecular complexity index is 390. The molecule has 0 aromatic heterocycles. The van der Waals surface area contributed by atoms with E-state index in [1.807, 2.05) is 6.92 Å². The first-order chi connectivity index (χ1) is 8.45. The number of amides is 3. The second kappa shape index (κ2) is 4.68. The Labute approximate surface area is 106 Å². The molecule has 1 unspecified atom stereocenters. The van der Waals surface area contributed by atoms with Crippen LogP contribution in [0.4, 0.5) is 0 Å². The summed E-state index contributed by atoms with van der Waals surface area (Å²) in [6.45, 7) is 1.78. The van der Waals surface area contributed by atoms with Crippen LogP contribution in [0.3, 0.4) is 0 Å². The lowest BCUT2D eigenvalue weighted by Gasteiger charge is -2.41. The Morgan fingerprint density at radius 3 is 2.67 bits per heavy atom. The maximum absolute atomic E-state index is 12.2. The zero-order chi connectivity index (χ0) is 13.3. The van der Waals surface area contributed by atoms with E-state index in [4.69, 9.17) is 5.73 Å². The van der Waals surface area contributed by atoms with Crippen molar-refractivity contribution in [3.63, 3.8) is 0 Å². The molecule has 0 radical (unpaired) electrons. The van der Waals surface area contributed by atoms with Gasteiger partial charge in [-0.3, -0.25) is 19.7 Å². The maximum atomic E-state index is 12.2. The molecule has 3 amide bonds. The molecule has 0 aromatic rings. The van der Waals surface area contributed by atoms with Crippen molar-refractivity contribution in [2.45, 2.75) is 50.6 Å². The molecule has 0 spiro atoms. The van der Waals surface area contributed by atoms with Crippen molar-refractivity contribution in [1.82, 2.24) is 10.2 Å². The van der Waals surface area contributed by atoms with Crippen molar-refractivity contribution < 1.29 is 14.4 Å². The van der Waals surface area contributed by atoms with Gasteiger partial charge in [0.2, 0.25) is 17.7 Å². The van der Waals surface area contributed by atoms with Crippen molar-refractivity contribution in [2.24, 2.45) is 5.73 Å². The van der Waals surface area contributed by atoms with Crippen LogP contribution in [0, 0.1) is 0 Å². The smallest absolute Gasteiger partial charge is 0.249 e. The van der Waals surface area contributed by atoms with Gasteiger partial charge in [0, 0.05) is 12.0 Å². The van der Waals surface area contributed by atoms with Crippen LogP contribution in [-0.4, -0.2) is 40.7 Å². The van der Waals surface area contributed by atoms with Crippen LogP contribution < -0.4 is 11.1 Å². The molecule has 2 fully saturated rings. The Morgan fingerprint density at radius 2 is 2.17 bits per heavy atom. The molecule has 6 nitrogen and oxygen atoms in total. The number of hydrogen-bond donors (Lipinski definition) is 2. The molecule has 18 heavy (non-hydrogen) atoms. The minimum absolute atomic E-state index is 0.0425. The molecule has 2 rings (SSSR count). The normalized spacial score (nSPS) is 26.6. The molecule has 0 bridgehead atoms. The third-order valence-electron chi connectivity index (χ3n) is 3.82. The topological polar surface area (TPSA) is 92.5 Å². The highest BCUT2D eigenvalue weighted by molar-refractivity contribution is 6.04. The standard InChI is InChI=1S/C12H19N3O3/c1-2-8-11(18)14-9(16)7-15(8)10(17)6-12(13)4-3-5-12/h8H,2-7,13H2,1H3,(H,14,16,18). The second-order valence-electron chi connectivity index (χ2n) is 5.25. The molecule has 1 aliphatic carbocycles. The lowest BCUT2D eigenvalue weighted by molar-refractivity contribution is -0.151. The molecular formula is C12H19N3O3. The van der Waals surface area contributed by atoms with Gasteiger partial charge < -0.3 is 10.6 Å². The van der Waals surface area contributed by atoms with E-state index in [-0.39, 0.29) is 24.8 Å². The Balaban J connectivity index is 2.06. The van der Waals surface area contributed by atoms with Gasteiger partial charge in [-0.05, 0) is 25.7 Å². The first-order valence-electron chi connectivity index (χ1n) is 6.37. The largest absolute Gasteiger partial charge is 0.325 e. The summed E-state index contributed by atoms with van der Waals surface area (Å²) in [5, 5.41) is 2.25. The van der Waals surface area contributed by atoms with E-state index >= 15 is 0 Å². The van der Waals surface area contributed by atoms with Crippen LogP contribution >= 0.6 is 0 Å². The number of nitrogens with zero attached hydrogens (tertiary/aromatic N) is 1. The molecular weight excluding hydrogens is 234 g/mol. The van der Waals surface area contributed by atoms with Crippen molar-refractivity contribution in [3.05, 3.63) is 0 Å². The van der Waals surface area contributed by atoms with Crippen molar-refractivity contribution in [2.75, 3.05) is 6.54 Å². The first kappa shape index (κ1) is 13.0. The highest BCUT2D eigenvalue weighted by Gasteiger charge is 2.40. The van der Waals surface area contributed by atoms with Gasteiger partial charge in [-0.25, -0.2) is 0 Å². The van der Waals surface area contributed by atoms with E-state index in [0.29, 0.717) is 6.42 Å². The van der Waals surface area contributed by atoms with E-state index in [9.17, 15) is 14.4 Å². The highest BCUT2D eigenvalue weighted by atomic mass is 16.2. The van der Waals surface area contributed by atoms with Gasteiger partial charge in [-0.15, -0.1) is 0 Å². The minimum atomic E-state index is -0.543. The van der Waals surface area contributed by atoms with Crippen LogP contribution in [0.5, 0.6) is 0 Å². The Morgan fingerprint density at radius 1 is 1.50 bits per heavy atom. The quantitative estimate of drug-likeness (QED) is 0.664. The van der Waals surface area contributed by atoms with Gasteiger partial charge >= 0.3 is 0 Å². The third-order valence-corrected chi connectivity index (χ3v) is 3.82. The summed E-state index contributed by atoms with van der Waals surface area (Å²) in [4.78, 5) is 36.5. The molecule has 1 saturated carbocycles. The van der Waals surface area contributed by atoms with E-state index in [0.717, 1.165) is 19.3 Å². The predicted molar refractivity (Wildman–Crippen MR) is 64.3 cm³/mol. The van der Waals surface area contributed by atoms with Crippen LogP contribution in [0.1, 0.15) is 39.0 Å². The number of nitrogens with one attached hydrogen (secondary N) is 1. The summed E-state index contributed by atoms with van der Waals surface area (Å²) in [5.74, 6) is -0.994. The van der Waals surface area contributed by atoms with E-state index in [1.165, 1.54) is 4.90 Å². The zero-order valence-electron chi connectivity index (χ0n) is 10.6. The first-order valence-corrected chi connectivity index (χ1v) is 6.37. The third kappa shape index (κ3) is 2.38. The average Bonchev–Trinajstić information content (AvgIpc) is 2.25. The van der Waals surface area contributed by atoms with Crippen LogP contribution in [0.25, 0.3) is 0 Å². The van der Waals surface area contributed by atoms with Crippen LogP contribution in [-0.2, 0) is 14.4 Å². The summed E-state index contributed by atoms with van der Waals surface area (Å²) in [6, 6.07) is -0.543. The molecule has 2 aliphatic rings. The van der Waals surface area contributed by atoms with Crippen LogP contribution in [0.2, 0.25) is 0 Å². The highest BCUT2D eigenvalue weighted by Crippen LogP contribution is 2.33. The number of piperazine rings is 1. The van der Waals surface area contributed by atoms with E-state index in [2.05, 4.69) is 5.32 Å². The van der Waals surface area contributed by atoms with Gasteiger partial charge in [0.25, 0.3) is 0 Å². The van der Waals surface area contributed by atoms with Gasteiger partial charge in [0.15, 0.2) is 0 Å². The summed E-state index contributed by atoms with van der Waals surface area (Å²) >= 11 is 0. The maximum Gasteiger partial charge on any atom is 0.249 e. The fraction of sp³-hybridized carbons (Fsp3) is 0.750. The van der Waals surface area contributed by atoms with Gasteiger partial charge in [-0.1, -0.05) is 6.92 Å². The van der Waals surface area contributed by atoms with Crippen LogP contribution in [0.15, 0.2) is 0 Å². The number of nitrogens with two attached hydrogens (primary N) is 1. The Hall–Kier alpha value is -1.43. The summed E-state index contributed by atoms with van der Waals surface area (Å²) < 4.78 is 0. The molecule has 0 aromatic carbocycles. The molecule has 1 atom stereocenters. The van der Waals surface area contributed by atoms with Gasteiger partial charge in [0.05, 0.1) is 0 Å². The van der Waals surface area contributed by atoms with Gasteiger partial charge in [-0.2, -0.15) is 0 Å². The minimum Gasteiger partial charge on any atom is -0.325 e. The number of carbonyl (C=O) groups excluding carboxylic acids is 3. The van der Waals surface area contributed by atoms with E-state index in [1.54, 1.807) is 0 Å². The predicted octanol–water partition coefficient (Wildman–Crippen LogP) is -0.478. The molecule has 100 valence electrons. The van der Waals surface area contributed by atoms with Crippen molar-refractivity contribution in [1.29, 1.82) is 0 Å². The zero-order valence-corrected chi connectivity index (χ0v) is 10.6. The second-order valence-corrected chi connectivity index (χ2v) is 5.25. The number of carbonyl (C=O) groups is 3. The monoisotopic (exact) mass is 253 g/mol. The molecule has 1 saturated heterocycles. The number of rotatable bonds is 3. The number of hydrogen-bond acceptors (Lipinski definition) is 4. The Kier molecular flexibility index (Phi) is 3.38. The lowest BCUT2D eigenvalue weighted by atomic mass is 9.75. The lowest BCUT2D eigenvalue weighted by Crippen LogP contribution is -2.61. The van der Waals surface area contributed by atoms with Crippen molar-refractivity contribution in [3.8, 4) is 0 Å². The molecule has 1 aliphatic heterocycles. The summed E-state index contributed by atoms with van der Waals surface area (Å²) in [6.07, 6.45) is 3.44. The fourth-order valence-electron chi connectivity index (χ4n) is 2.54.